The molecule has 0 unspecified atom stereocenters. The monoisotopic (exact) mass is 302 g/mol. The van der Waals surface area contributed by atoms with E-state index in [1.54, 1.807) is 0 Å². The minimum absolute atomic E-state index is 0. The molecule has 0 heterocycles. The number of unbranched alkanes of at least 4 members (excludes halogenated alkanes) is 1. The number of hydrogen-bond acceptors (Lipinski definition) is 0. The Morgan fingerprint density at radius 3 is 1.28 bits per heavy atom. The zero-order valence-corrected chi connectivity index (χ0v) is 13.0. The molecule has 2 aromatic carbocycles. The third kappa shape index (κ3) is 7.64. The second-order valence-electron chi connectivity index (χ2n) is 3.86. The molecule has 2 rings (SSSR count). The summed E-state index contributed by atoms with van der Waals surface area (Å²) in [5.41, 5.74) is 0. The standard InChI is InChI=1S/C12H11P.C4H10.Ni/c1-3-7-11(8-4-1)13-12-9-5-2-6-10-12;1-3-4-2;/h1-10,13H;3-4H2,1-2H3;. The second-order valence-corrected chi connectivity index (χ2v) is 5.26. The van der Waals surface area contributed by atoms with Crippen LogP contribution in [0.2, 0.25) is 0 Å². The molecular formula is C16H21NiP. The molecule has 0 spiro atoms. The molecule has 0 radical (unpaired) electrons. The number of benzene rings is 2. The molecule has 18 heavy (non-hydrogen) atoms. The Bertz CT molecular complexity index is 347. The maximum absolute atomic E-state index is 2.18. The fraction of sp³-hybridized carbons (Fsp3) is 0.250. The van der Waals surface area contributed by atoms with Crippen molar-refractivity contribution in [1.29, 1.82) is 0 Å². The number of hydrogen-bond donors (Lipinski definition) is 0. The minimum Gasteiger partial charge on any atom is -0.0654 e. The van der Waals surface area contributed by atoms with Crippen molar-refractivity contribution in [3.05, 3.63) is 60.7 Å². The van der Waals surface area contributed by atoms with Crippen molar-refractivity contribution in [2.75, 3.05) is 0 Å². The van der Waals surface area contributed by atoms with E-state index in [4.69, 9.17) is 0 Å². The summed E-state index contributed by atoms with van der Waals surface area (Å²) in [6, 6.07) is 21.2. The van der Waals surface area contributed by atoms with Crippen LogP contribution in [0.3, 0.4) is 0 Å². The van der Waals surface area contributed by atoms with E-state index >= 15 is 0 Å². The van der Waals surface area contributed by atoms with Gasteiger partial charge in [-0.15, -0.1) is 0 Å². The third-order valence-electron chi connectivity index (χ3n) is 2.34. The van der Waals surface area contributed by atoms with Crippen molar-refractivity contribution < 1.29 is 16.5 Å². The van der Waals surface area contributed by atoms with Gasteiger partial charge in [-0.1, -0.05) is 95.9 Å². The summed E-state index contributed by atoms with van der Waals surface area (Å²) in [5.74, 6) is 0. The molecule has 0 atom stereocenters. The molecular weight excluding hydrogens is 282 g/mol. The normalized spacial score (nSPS) is 8.78. The summed E-state index contributed by atoms with van der Waals surface area (Å²) in [6.07, 6.45) is 2.64. The average Bonchev–Trinajstić information content (AvgIpc) is 2.41. The van der Waals surface area contributed by atoms with Crippen LogP contribution in [0.15, 0.2) is 60.7 Å². The summed E-state index contributed by atoms with van der Waals surface area (Å²) in [6.45, 7) is 4.36. The Morgan fingerprint density at radius 2 is 1.00 bits per heavy atom. The van der Waals surface area contributed by atoms with Crippen LogP contribution in [-0.4, -0.2) is 0 Å². The van der Waals surface area contributed by atoms with Crippen molar-refractivity contribution >= 4 is 19.2 Å². The molecule has 0 aliphatic carbocycles. The van der Waals surface area contributed by atoms with Gasteiger partial charge >= 0.3 is 0 Å². The molecule has 0 aliphatic heterocycles. The van der Waals surface area contributed by atoms with Gasteiger partial charge in [-0.2, -0.15) is 0 Å². The SMILES string of the molecule is CCCC.[Ni].c1ccc(Pc2ccccc2)cc1. The fourth-order valence-electron chi connectivity index (χ4n) is 1.21. The summed E-state index contributed by atoms with van der Waals surface area (Å²) >= 11 is 0. The predicted octanol–water partition coefficient (Wildman–Crippen LogP) is 4.12. The molecule has 0 fully saturated rings. The van der Waals surface area contributed by atoms with Crippen LogP contribution in [0.5, 0.6) is 0 Å². The van der Waals surface area contributed by atoms with E-state index in [0.717, 1.165) is 8.58 Å². The van der Waals surface area contributed by atoms with E-state index in [9.17, 15) is 0 Å². The van der Waals surface area contributed by atoms with Gasteiger partial charge in [-0.25, -0.2) is 0 Å². The van der Waals surface area contributed by atoms with Gasteiger partial charge in [0.15, 0.2) is 0 Å². The van der Waals surface area contributed by atoms with Crippen LogP contribution in [0.4, 0.5) is 0 Å². The predicted molar refractivity (Wildman–Crippen MR) is 81.0 cm³/mol. The first kappa shape index (κ1) is 17.4. The molecule has 0 nitrogen and oxygen atoms in total. The maximum Gasteiger partial charge on any atom is 0 e. The van der Waals surface area contributed by atoms with E-state index in [0.29, 0.717) is 0 Å². The van der Waals surface area contributed by atoms with Crippen LogP contribution in [-0.2, 0) is 16.5 Å². The zero-order valence-electron chi connectivity index (χ0n) is 11.0. The summed E-state index contributed by atoms with van der Waals surface area (Å²) in [7, 11) is 0.777. The van der Waals surface area contributed by atoms with Crippen molar-refractivity contribution in [3.63, 3.8) is 0 Å². The molecule has 0 saturated heterocycles. The molecule has 0 aromatic heterocycles. The van der Waals surface area contributed by atoms with Crippen molar-refractivity contribution in [3.8, 4) is 0 Å². The molecule has 2 aromatic rings. The van der Waals surface area contributed by atoms with Gasteiger partial charge < -0.3 is 0 Å². The van der Waals surface area contributed by atoms with Crippen LogP contribution < -0.4 is 10.6 Å². The maximum atomic E-state index is 2.18. The van der Waals surface area contributed by atoms with Gasteiger partial charge in [0.25, 0.3) is 0 Å². The first-order chi connectivity index (χ1) is 8.36. The molecule has 0 bridgehead atoms. The largest absolute Gasteiger partial charge is 0.0654 e. The Balaban J connectivity index is 0.000000512. The molecule has 0 saturated carbocycles. The van der Waals surface area contributed by atoms with Crippen LogP contribution in [0, 0.1) is 0 Å². The van der Waals surface area contributed by atoms with Gasteiger partial charge in [0.1, 0.15) is 0 Å². The second kappa shape index (κ2) is 11.5. The Morgan fingerprint density at radius 1 is 0.667 bits per heavy atom. The van der Waals surface area contributed by atoms with Crippen molar-refractivity contribution in [1.82, 2.24) is 0 Å². The Kier molecular flexibility index (Phi) is 11.0. The average molecular weight is 303 g/mol. The molecule has 0 N–H and O–H groups in total. The molecule has 0 aliphatic rings. The molecule has 2 heteroatoms. The van der Waals surface area contributed by atoms with Crippen molar-refractivity contribution in [2.24, 2.45) is 0 Å². The van der Waals surface area contributed by atoms with Crippen LogP contribution >= 0.6 is 8.58 Å². The van der Waals surface area contributed by atoms with Gasteiger partial charge in [0.05, 0.1) is 0 Å². The fourth-order valence-corrected chi connectivity index (χ4v) is 2.26. The van der Waals surface area contributed by atoms with E-state index in [1.165, 1.54) is 23.5 Å². The van der Waals surface area contributed by atoms with Gasteiger partial charge in [0, 0.05) is 16.5 Å². The van der Waals surface area contributed by atoms with Gasteiger partial charge in [-0.3, -0.25) is 0 Å². The Labute approximate surface area is 123 Å². The van der Waals surface area contributed by atoms with E-state index in [1.807, 2.05) is 0 Å². The number of rotatable bonds is 3. The summed E-state index contributed by atoms with van der Waals surface area (Å²) in [4.78, 5) is 0. The van der Waals surface area contributed by atoms with Crippen molar-refractivity contribution in [2.45, 2.75) is 26.7 Å². The molecule has 0 amide bonds. The van der Waals surface area contributed by atoms with E-state index in [2.05, 4.69) is 74.5 Å². The first-order valence-corrected chi connectivity index (χ1v) is 7.24. The van der Waals surface area contributed by atoms with Gasteiger partial charge in [-0.05, 0) is 10.6 Å². The summed E-state index contributed by atoms with van der Waals surface area (Å²) < 4.78 is 0. The zero-order chi connectivity index (χ0) is 12.3. The van der Waals surface area contributed by atoms with Gasteiger partial charge in [0.2, 0.25) is 0 Å². The van der Waals surface area contributed by atoms with Crippen LogP contribution in [0.25, 0.3) is 0 Å². The van der Waals surface area contributed by atoms with Crippen LogP contribution in [0.1, 0.15) is 26.7 Å². The summed E-state index contributed by atoms with van der Waals surface area (Å²) in [5, 5.41) is 2.79. The quantitative estimate of drug-likeness (QED) is 0.591. The third-order valence-corrected chi connectivity index (χ3v) is 3.58. The minimum atomic E-state index is 0. The molecule has 100 valence electrons. The first-order valence-electron chi connectivity index (χ1n) is 6.24. The topological polar surface area (TPSA) is 0 Å². The van der Waals surface area contributed by atoms with E-state index in [-0.39, 0.29) is 16.5 Å². The smallest absolute Gasteiger partial charge is 0 e. The Hall–Kier alpha value is -0.636. The van der Waals surface area contributed by atoms with E-state index < -0.39 is 0 Å².